The topological polar surface area (TPSA) is 34.0 Å². The Hall–Kier alpha value is -4.42. The fourth-order valence-electron chi connectivity index (χ4n) is 4.63. The first-order chi connectivity index (χ1) is 19.1. The average Bonchev–Trinajstić information content (AvgIpc) is 3.45. The van der Waals surface area contributed by atoms with Gasteiger partial charge in [-0.2, -0.15) is 0 Å². The molecule has 0 bridgehead atoms. The SMILES string of the molecule is C[C@H](c1ccc(F)cc1)N(CC=C(c1ccccc1)c1ccccc1)CCn1cc(-c2ccc(F)cc2)nn1. The quantitative estimate of drug-likeness (QED) is 0.192. The van der Waals surface area contributed by atoms with Crippen LogP contribution >= 0.6 is 0 Å². The summed E-state index contributed by atoms with van der Waals surface area (Å²) < 4.78 is 28.8. The van der Waals surface area contributed by atoms with Gasteiger partial charge in [0, 0.05) is 24.7 Å². The number of halogens is 2. The van der Waals surface area contributed by atoms with Crippen molar-refractivity contribution in [2.45, 2.75) is 19.5 Å². The first-order valence-corrected chi connectivity index (χ1v) is 13.0. The van der Waals surface area contributed by atoms with Gasteiger partial charge in [0.15, 0.2) is 0 Å². The molecule has 0 aliphatic rings. The summed E-state index contributed by atoms with van der Waals surface area (Å²) in [5.74, 6) is -0.529. The van der Waals surface area contributed by atoms with Crippen LogP contribution in [-0.4, -0.2) is 33.0 Å². The summed E-state index contributed by atoms with van der Waals surface area (Å²) in [4.78, 5) is 2.35. The molecule has 5 aromatic rings. The molecule has 5 rings (SSSR count). The first-order valence-electron chi connectivity index (χ1n) is 13.0. The Morgan fingerprint density at radius 3 is 1.95 bits per heavy atom. The highest BCUT2D eigenvalue weighted by atomic mass is 19.1. The normalized spacial score (nSPS) is 11.9. The van der Waals surface area contributed by atoms with Gasteiger partial charge in [0.25, 0.3) is 0 Å². The third-order valence-electron chi connectivity index (χ3n) is 6.89. The van der Waals surface area contributed by atoms with E-state index >= 15 is 0 Å². The van der Waals surface area contributed by atoms with Crippen LogP contribution in [0.15, 0.2) is 121 Å². The molecule has 0 fully saturated rings. The molecule has 0 radical (unpaired) electrons. The minimum absolute atomic E-state index is 0.0368. The molecule has 1 heterocycles. The molecule has 0 unspecified atom stereocenters. The molecule has 0 amide bonds. The van der Waals surface area contributed by atoms with Crippen molar-refractivity contribution in [1.82, 2.24) is 19.9 Å². The van der Waals surface area contributed by atoms with Crippen LogP contribution in [-0.2, 0) is 6.54 Å². The second-order valence-electron chi connectivity index (χ2n) is 9.45. The van der Waals surface area contributed by atoms with Crippen LogP contribution in [0.25, 0.3) is 16.8 Å². The highest BCUT2D eigenvalue weighted by Crippen LogP contribution is 2.26. The maximum absolute atomic E-state index is 13.7. The molecule has 39 heavy (non-hydrogen) atoms. The van der Waals surface area contributed by atoms with Crippen molar-refractivity contribution in [3.63, 3.8) is 0 Å². The van der Waals surface area contributed by atoms with Crippen molar-refractivity contribution in [3.05, 3.63) is 150 Å². The van der Waals surface area contributed by atoms with Gasteiger partial charge in [0.2, 0.25) is 0 Å². The van der Waals surface area contributed by atoms with E-state index in [1.807, 2.05) is 35.1 Å². The lowest BCUT2D eigenvalue weighted by Gasteiger charge is -2.29. The van der Waals surface area contributed by atoms with Crippen molar-refractivity contribution in [1.29, 1.82) is 0 Å². The van der Waals surface area contributed by atoms with Crippen LogP contribution in [0.3, 0.4) is 0 Å². The number of nitrogens with zero attached hydrogens (tertiary/aromatic N) is 4. The molecule has 4 aromatic carbocycles. The molecule has 1 atom stereocenters. The predicted molar refractivity (Wildman–Crippen MR) is 152 cm³/mol. The van der Waals surface area contributed by atoms with E-state index in [4.69, 9.17) is 0 Å². The second-order valence-corrected chi connectivity index (χ2v) is 9.45. The van der Waals surface area contributed by atoms with E-state index in [0.29, 0.717) is 25.3 Å². The fourth-order valence-corrected chi connectivity index (χ4v) is 4.63. The largest absolute Gasteiger partial charge is 0.291 e. The minimum Gasteiger partial charge on any atom is -0.291 e. The van der Waals surface area contributed by atoms with Gasteiger partial charge in [0.1, 0.15) is 17.3 Å². The standard InChI is InChI=1S/C33H30F2N4/c1-25(26-12-16-30(34)17-13-26)38(22-23-39-24-33(36-37-39)29-14-18-31(35)19-15-29)21-20-32(27-8-4-2-5-9-27)28-10-6-3-7-11-28/h2-20,24-25H,21-23H2,1H3/t25-/m1/s1. The van der Waals surface area contributed by atoms with Crippen LogP contribution in [0.4, 0.5) is 8.78 Å². The highest BCUT2D eigenvalue weighted by molar-refractivity contribution is 5.79. The molecule has 1 aromatic heterocycles. The highest BCUT2D eigenvalue weighted by Gasteiger charge is 2.17. The van der Waals surface area contributed by atoms with Crippen molar-refractivity contribution < 1.29 is 8.78 Å². The van der Waals surface area contributed by atoms with E-state index in [1.54, 1.807) is 12.1 Å². The number of aromatic nitrogens is 3. The first kappa shape index (κ1) is 26.2. The summed E-state index contributed by atoms with van der Waals surface area (Å²) in [6, 6.07) is 33.7. The molecule has 196 valence electrons. The Labute approximate surface area is 227 Å². The average molecular weight is 521 g/mol. The van der Waals surface area contributed by atoms with E-state index in [1.165, 1.54) is 24.3 Å². The molecule has 0 spiro atoms. The van der Waals surface area contributed by atoms with Gasteiger partial charge in [-0.1, -0.05) is 84.1 Å². The van der Waals surface area contributed by atoms with Crippen molar-refractivity contribution in [3.8, 4) is 11.3 Å². The lowest BCUT2D eigenvalue weighted by Crippen LogP contribution is -2.31. The minimum atomic E-state index is -0.282. The van der Waals surface area contributed by atoms with E-state index in [-0.39, 0.29) is 17.7 Å². The Balaban J connectivity index is 1.40. The number of benzene rings is 4. The lowest BCUT2D eigenvalue weighted by atomic mass is 9.97. The molecule has 4 nitrogen and oxygen atoms in total. The summed E-state index contributed by atoms with van der Waals surface area (Å²) in [6.07, 6.45) is 4.14. The van der Waals surface area contributed by atoms with E-state index in [2.05, 4.69) is 76.7 Å². The molecule has 0 aliphatic carbocycles. The number of hydrogen-bond donors (Lipinski definition) is 0. The molecular weight excluding hydrogens is 490 g/mol. The van der Waals surface area contributed by atoms with Gasteiger partial charge in [-0.05, 0) is 65.6 Å². The molecule has 6 heteroatoms. The lowest BCUT2D eigenvalue weighted by molar-refractivity contribution is 0.221. The van der Waals surface area contributed by atoms with Crippen LogP contribution < -0.4 is 0 Å². The maximum atomic E-state index is 13.7. The van der Waals surface area contributed by atoms with Gasteiger partial charge in [-0.15, -0.1) is 5.10 Å². The van der Waals surface area contributed by atoms with E-state index in [0.717, 1.165) is 27.8 Å². The maximum Gasteiger partial charge on any atom is 0.123 e. The summed E-state index contributed by atoms with van der Waals surface area (Å²) in [5, 5.41) is 8.58. The summed E-state index contributed by atoms with van der Waals surface area (Å²) in [6.45, 7) is 4.12. The van der Waals surface area contributed by atoms with Crippen molar-refractivity contribution >= 4 is 5.57 Å². The zero-order chi connectivity index (χ0) is 27.0. The molecule has 0 saturated heterocycles. The Bertz CT molecular complexity index is 1450. The summed E-state index contributed by atoms with van der Waals surface area (Å²) >= 11 is 0. The van der Waals surface area contributed by atoms with Crippen LogP contribution in [0.1, 0.15) is 29.7 Å². The van der Waals surface area contributed by atoms with Crippen molar-refractivity contribution in [2.24, 2.45) is 0 Å². The van der Waals surface area contributed by atoms with Crippen LogP contribution in [0.2, 0.25) is 0 Å². The van der Waals surface area contributed by atoms with Gasteiger partial charge in [-0.3, -0.25) is 9.58 Å². The molecule has 0 N–H and O–H groups in total. The summed E-state index contributed by atoms with van der Waals surface area (Å²) in [7, 11) is 0. The fraction of sp³-hybridized carbons (Fsp3) is 0.152. The van der Waals surface area contributed by atoms with Crippen LogP contribution in [0, 0.1) is 11.6 Å². The molecule has 0 aliphatic heterocycles. The Kier molecular flexibility index (Phi) is 8.34. The predicted octanol–water partition coefficient (Wildman–Crippen LogP) is 7.42. The second kappa shape index (κ2) is 12.4. The number of hydrogen-bond acceptors (Lipinski definition) is 3. The zero-order valence-corrected chi connectivity index (χ0v) is 21.8. The Morgan fingerprint density at radius 1 is 0.795 bits per heavy atom. The van der Waals surface area contributed by atoms with Gasteiger partial charge >= 0.3 is 0 Å². The van der Waals surface area contributed by atoms with Gasteiger partial charge in [0.05, 0.1) is 12.7 Å². The molecule has 0 saturated carbocycles. The Morgan fingerprint density at radius 2 is 1.36 bits per heavy atom. The van der Waals surface area contributed by atoms with Crippen molar-refractivity contribution in [2.75, 3.05) is 13.1 Å². The third kappa shape index (κ3) is 6.72. The van der Waals surface area contributed by atoms with E-state index < -0.39 is 0 Å². The van der Waals surface area contributed by atoms with Gasteiger partial charge in [-0.25, -0.2) is 8.78 Å². The van der Waals surface area contributed by atoms with Crippen LogP contribution in [0.5, 0.6) is 0 Å². The third-order valence-corrected chi connectivity index (χ3v) is 6.89. The molecular formula is C33H30F2N4. The zero-order valence-electron chi connectivity index (χ0n) is 21.8. The number of rotatable bonds is 10. The monoisotopic (exact) mass is 520 g/mol. The van der Waals surface area contributed by atoms with Gasteiger partial charge < -0.3 is 0 Å². The van der Waals surface area contributed by atoms with E-state index in [9.17, 15) is 8.78 Å². The smallest absolute Gasteiger partial charge is 0.123 e. The summed E-state index contributed by atoms with van der Waals surface area (Å²) in [5.41, 5.74) is 6.01.